The van der Waals surface area contributed by atoms with Gasteiger partial charge in [-0.25, -0.2) is 13.8 Å². The summed E-state index contributed by atoms with van der Waals surface area (Å²) >= 11 is 0. The second-order valence-electron chi connectivity index (χ2n) is 11.2. The highest BCUT2D eigenvalue weighted by atomic mass is 19.1. The molecule has 0 aliphatic carbocycles. The molecule has 0 saturated heterocycles. The van der Waals surface area contributed by atoms with Crippen LogP contribution in [-0.4, -0.2) is 63.2 Å². The molecule has 0 unspecified atom stereocenters. The number of rotatable bonds is 14. The highest BCUT2D eigenvalue weighted by Gasteiger charge is 2.24. The summed E-state index contributed by atoms with van der Waals surface area (Å²) in [5, 5.41) is 17.3. The van der Waals surface area contributed by atoms with Crippen molar-refractivity contribution < 1.29 is 23.5 Å². The molecule has 1 heterocycles. The van der Waals surface area contributed by atoms with Crippen LogP contribution < -0.4 is 10.6 Å². The molecule has 8 nitrogen and oxygen atoms in total. The Hall–Kier alpha value is -4.15. The number of amides is 2. The van der Waals surface area contributed by atoms with Gasteiger partial charge in [-0.1, -0.05) is 26.0 Å². The van der Waals surface area contributed by atoms with Crippen LogP contribution in [0.5, 0.6) is 0 Å². The first-order chi connectivity index (χ1) is 21.1. The number of carbonyl (C=O) groups excluding carboxylic acids is 2. The van der Waals surface area contributed by atoms with Crippen LogP contribution in [0.25, 0.3) is 11.0 Å². The molecular weight excluding hydrogens is 564 g/mol. The third-order valence-electron chi connectivity index (χ3n) is 7.54. The van der Waals surface area contributed by atoms with Crippen LogP contribution in [0.1, 0.15) is 64.4 Å². The van der Waals surface area contributed by atoms with Gasteiger partial charge in [0.1, 0.15) is 17.5 Å². The Kier molecular flexibility index (Phi) is 11.2. The molecule has 0 aliphatic rings. The second-order valence-corrected chi connectivity index (χ2v) is 11.2. The third kappa shape index (κ3) is 8.27. The maximum atomic E-state index is 14.0. The quantitative estimate of drug-likeness (QED) is 0.190. The number of benzene rings is 3. The number of aromatic nitrogens is 2. The summed E-state index contributed by atoms with van der Waals surface area (Å²) in [7, 11) is 1.91. The van der Waals surface area contributed by atoms with E-state index in [9.17, 15) is 23.5 Å². The van der Waals surface area contributed by atoms with Gasteiger partial charge in [-0.15, -0.1) is 0 Å². The molecule has 0 radical (unpaired) electrons. The number of hydrogen-bond donors (Lipinski definition) is 3. The smallest absolute Gasteiger partial charge is 0.253 e. The maximum absolute atomic E-state index is 14.0. The zero-order valence-electron chi connectivity index (χ0n) is 25.7. The topological polar surface area (TPSA) is 99.5 Å². The Morgan fingerprint density at radius 2 is 1.64 bits per heavy atom. The average molecular weight is 606 g/mol. The number of para-hydroxylation sites is 2. The van der Waals surface area contributed by atoms with Gasteiger partial charge in [-0.3, -0.25) is 9.59 Å². The van der Waals surface area contributed by atoms with Crippen molar-refractivity contribution in [1.82, 2.24) is 25.1 Å². The van der Waals surface area contributed by atoms with Gasteiger partial charge < -0.3 is 25.2 Å². The number of aliphatic hydroxyl groups excluding tert-OH is 1. The number of aryl methyl sites for hydroxylation is 2. The number of halogens is 2. The van der Waals surface area contributed by atoms with Crippen molar-refractivity contribution in [1.29, 1.82) is 0 Å². The van der Waals surface area contributed by atoms with E-state index in [1.807, 2.05) is 56.7 Å². The van der Waals surface area contributed by atoms with Crippen LogP contribution in [-0.2, 0) is 20.0 Å². The van der Waals surface area contributed by atoms with Gasteiger partial charge in [0, 0.05) is 43.9 Å². The summed E-state index contributed by atoms with van der Waals surface area (Å²) in [4.78, 5) is 33.2. The van der Waals surface area contributed by atoms with Gasteiger partial charge in [0.2, 0.25) is 0 Å². The van der Waals surface area contributed by atoms with Gasteiger partial charge in [0.05, 0.1) is 29.7 Å². The molecule has 3 aromatic carbocycles. The molecule has 0 saturated carbocycles. The van der Waals surface area contributed by atoms with Crippen LogP contribution in [0.2, 0.25) is 0 Å². The van der Waals surface area contributed by atoms with E-state index in [1.165, 1.54) is 12.1 Å². The fourth-order valence-electron chi connectivity index (χ4n) is 5.42. The normalized spacial score (nSPS) is 12.7. The van der Waals surface area contributed by atoms with Crippen LogP contribution in [0.15, 0.2) is 60.7 Å². The predicted octanol–water partition coefficient (Wildman–Crippen LogP) is 4.91. The second kappa shape index (κ2) is 15.0. The Morgan fingerprint density at radius 3 is 2.30 bits per heavy atom. The van der Waals surface area contributed by atoms with Gasteiger partial charge in [-0.05, 0) is 79.8 Å². The largest absolute Gasteiger partial charge is 0.390 e. The Morgan fingerprint density at radius 1 is 0.977 bits per heavy atom. The molecule has 0 spiro atoms. The van der Waals surface area contributed by atoms with E-state index in [-0.39, 0.29) is 30.0 Å². The fourth-order valence-corrected chi connectivity index (χ4v) is 5.42. The van der Waals surface area contributed by atoms with Gasteiger partial charge >= 0.3 is 0 Å². The Bertz CT molecular complexity index is 1580. The summed E-state index contributed by atoms with van der Waals surface area (Å²) in [6.45, 7) is 7.48. The molecule has 2 atom stereocenters. The number of carbonyl (C=O) groups is 2. The van der Waals surface area contributed by atoms with Crippen LogP contribution in [0.3, 0.4) is 0 Å². The van der Waals surface area contributed by atoms with Gasteiger partial charge in [0.25, 0.3) is 11.8 Å². The molecule has 1 aromatic heterocycles. The molecule has 4 rings (SSSR count). The van der Waals surface area contributed by atoms with E-state index in [4.69, 9.17) is 0 Å². The van der Waals surface area contributed by atoms with E-state index < -0.39 is 29.7 Å². The third-order valence-corrected chi connectivity index (χ3v) is 7.54. The first-order valence-electron chi connectivity index (χ1n) is 15.1. The molecule has 0 aliphatic heterocycles. The zero-order valence-corrected chi connectivity index (χ0v) is 25.7. The number of fused-ring (bicyclic) bond motifs is 1. The molecule has 2 amide bonds. The van der Waals surface area contributed by atoms with Gasteiger partial charge in [0.15, 0.2) is 0 Å². The minimum atomic E-state index is -1.12. The predicted molar refractivity (Wildman–Crippen MR) is 167 cm³/mol. The molecule has 234 valence electrons. The fraction of sp³-hybridized carbons (Fsp3) is 0.382. The summed E-state index contributed by atoms with van der Waals surface area (Å²) in [5.41, 5.74) is 3.53. The van der Waals surface area contributed by atoms with Crippen molar-refractivity contribution >= 4 is 22.8 Å². The summed E-state index contributed by atoms with van der Waals surface area (Å²) in [6.07, 6.45) is 0.495. The summed E-state index contributed by atoms with van der Waals surface area (Å²) in [5.74, 6) is -1.38. The van der Waals surface area contributed by atoms with E-state index in [0.29, 0.717) is 25.2 Å². The summed E-state index contributed by atoms with van der Waals surface area (Å²) < 4.78 is 30.0. The summed E-state index contributed by atoms with van der Waals surface area (Å²) in [6, 6.07) is 15.0. The highest BCUT2D eigenvalue weighted by Crippen LogP contribution is 2.17. The molecule has 0 fully saturated rings. The van der Waals surface area contributed by atoms with Crippen molar-refractivity contribution in [2.24, 2.45) is 7.05 Å². The molecule has 44 heavy (non-hydrogen) atoms. The molecule has 0 bridgehead atoms. The maximum Gasteiger partial charge on any atom is 0.253 e. The molecule has 10 heteroatoms. The number of hydrogen-bond acceptors (Lipinski definition) is 5. The number of imidazole rings is 1. The van der Waals surface area contributed by atoms with E-state index in [0.717, 1.165) is 41.3 Å². The standard InChI is InChI=1S/C34H41F2N5O3/c1-5-11-41(12-6-2)34(44)25-14-22(3)13-24(18-25)33(43)39-29(17-23-15-26(35)19-27(36)16-23)31(42)20-37-21-32-38-28-9-7-8-10-30(28)40(32)4/h7-10,13-16,18-19,29,31,37,42H,5-6,11-12,17,20-21H2,1-4H3,(H,39,43)/t29-,31+/m0/s1. The van der Waals surface area contributed by atoms with E-state index >= 15 is 0 Å². The lowest BCUT2D eigenvalue weighted by atomic mass is 9.99. The first kappa shape index (κ1) is 32.8. The first-order valence-corrected chi connectivity index (χ1v) is 15.1. The van der Waals surface area contributed by atoms with Gasteiger partial charge in [-0.2, -0.15) is 0 Å². The zero-order chi connectivity index (χ0) is 31.8. The molecule has 3 N–H and O–H groups in total. The van der Waals surface area contributed by atoms with Crippen LogP contribution in [0.4, 0.5) is 8.78 Å². The lowest BCUT2D eigenvalue weighted by Crippen LogP contribution is -2.48. The van der Waals surface area contributed by atoms with Crippen molar-refractivity contribution in [3.63, 3.8) is 0 Å². The average Bonchev–Trinajstić information content (AvgIpc) is 3.30. The number of nitrogens with zero attached hydrogens (tertiary/aromatic N) is 3. The number of nitrogens with one attached hydrogen (secondary N) is 2. The van der Waals surface area contributed by atoms with E-state index in [1.54, 1.807) is 23.1 Å². The highest BCUT2D eigenvalue weighted by molar-refractivity contribution is 6.00. The Balaban J connectivity index is 1.53. The monoisotopic (exact) mass is 605 g/mol. The van der Waals surface area contributed by atoms with Crippen molar-refractivity contribution in [3.05, 3.63) is 100 Å². The Labute approximate surface area is 257 Å². The lowest BCUT2D eigenvalue weighted by Gasteiger charge is -2.25. The van der Waals surface area contributed by atoms with E-state index in [2.05, 4.69) is 15.6 Å². The lowest BCUT2D eigenvalue weighted by molar-refractivity contribution is 0.0755. The minimum Gasteiger partial charge on any atom is -0.390 e. The van der Waals surface area contributed by atoms with Crippen LogP contribution >= 0.6 is 0 Å². The van der Waals surface area contributed by atoms with Crippen LogP contribution in [0, 0.1) is 18.6 Å². The number of aliphatic hydroxyl groups is 1. The van der Waals surface area contributed by atoms with Crippen molar-refractivity contribution in [2.75, 3.05) is 19.6 Å². The van der Waals surface area contributed by atoms with Crippen molar-refractivity contribution in [3.8, 4) is 0 Å². The molecule has 4 aromatic rings. The molecular formula is C34H41F2N5O3. The minimum absolute atomic E-state index is 0.0199. The van der Waals surface area contributed by atoms with Crippen molar-refractivity contribution in [2.45, 2.75) is 58.7 Å². The SMILES string of the molecule is CCCN(CCC)C(=O)c1cc(C)cc(C(=O)N[C@@H](Cc2cc(F)cc(F)c2)[C@H](O)CNCc2nc3ccccc3n2C)c1.